The molecule has 0 fully saturated rings. The first-order valence-corrected chi connectivity index (χ1v) is 19.2. The summed E-state index contributed by atoms with van der Waals surface area (Å²) in [5.74, 6) is 0. The van der Waals surface area contributed by atoms with E-state index in [1.54, 1.807) is 0 Å². The van der Waals surface area contributed by atoms with E-state index >= 15 is 0 Å². The van der Waals surface area contributed by atoms with Crippen LogP contribution in [0.15, 0.2) is 217 Å². The first-order chi connectivity index (χ1) is 27.8. The number of furan rings is 1. The van der Waals surface area contributed by atoms with E-state index in [1.165, 1.54) is 54.6 Å². The quantitative estimate of drug-likeness (QED) is 0.160. The van der Waals surface area contributed by atoms with Crippen LogP contribution in [0.1, 0.15) is 0 Å². The maximum absolute atomic E-state index is 6.50. The average Bonchev–Trinajstić information content (AvgIpc) is 3.62. The van der Waals surface area contributed by atoms with Gasteiger partial charge in [-0.3, -0.25) is 0 Å². The van der Waals surface area contributed by atoms with Crippen LogP contribution in [0.25, 0.3) is 87.6 Å². The van der Waals surface area contributed by atoms with Crippen molar-refractivity contribution in [3.8, 4) is 33.4 Å². The van der Waals surface area contributed by atoms with Crippen LogP contribution >= 0.6 is 0 Å². The standard InChI is InChI=1S/C54H35NO/c1-2-15-36(16-3-1)43-22-8-9-23-44(43)39-20-14-21-41(31-39)55(42-29-30-53-51(35-42)50-32-37-17-4-5-18-38(37)34-54(50)56-53)52-28-13-12-27-48(52)49-33-40-19-6-7-24-45(40)46-25-10-11-26-47(46)49/h1-35H. The number of hydrogen-bond donors (Lipinski definition) is 0. The van der Waals surface area contributed by atoms with Crippen molar-refractivity contribution in [1.29, 1.82) is 0 Å². The van der Waals surface area contributed by atoms with Gasteiger partial charge in [0.1, 0.15) is 11.2 Å². The number of para-hydroxylation sites is 1. The van der Waals surface area contributed by atoms with Crippen molar-refractivity contribution in [2.24, 2.45) is 0 Å². The zero-order chi connectivity index (χ0) is 37.0. The molecule has 0 spiro atoms. The Kier molecular flexibility index (Phi) is 7.53. The van der Waals surface area contributed by atoms with Gasteiger partial charge in [0.25, 0.3) is 0 Å². The summed E-state index contributed by atoms with van der Waals surface area (Å²) in [5.41, 5.74) is 12.1. The van der Waals surface area contributed by atoms with Gasteiger partial charge in [-0.05, 0) is 115 Å². The van der Waals surface area contributed by atoms with Crippen molar-refractivity contribution in [3.63, 3.8) is 0 Å². The predicted octanol–water partition coefficient (Wildman–Crippen LogP) is 15.5. The minimum atomic E-state index is 0.873. The van der Waals surface area contributed by atoms with E-state index in [0.29, 0.717) is 0 Å². The van der Waals surface area contributed by atoms with Crippen molar-refractivity contribution in [2.45, 2.75) is 0 Å². The summed E-state index contributed by atoms with van der Waals surface area (Å²) in [4.78, 5) is 2.42. The van der Waals surface area contributed by atoms with Gasteiger partial charge in [0.15, 0.2) is 0 Å². The zero-order valence-corrected chi connectivity index (χ0v) is 30.6. The maximum atomic E-state index is 6.50. The average molecular weight is 714 g/mol. The molecule has 0 aliphatic carbocycles. The SMILES string of the molecule is c1ccc(-c2ccccc2-c2cccc(N(c3ccc4oc5cc6ccccc6cc5c4c3)c3ccccc3-c3cc4ccccc4c4ccccc34)c2)cc1. The van der Waals surface area contributed by atoms with Crippen molar-refractivity contribution in [3.05, 3.63) is 212 Å². The lowest BCUT2D eigenvalue weighted by Gasteiger charge is -2.29. The van der Waals surface area contributed by atoms with Gasteiger partial charge < -0.3 is 9.32 Å². The highest BCUT2D eigenvalue weighted by molar-refractivity contribution is 6.15. The first kappa shape index (κ1) is 32.0. The fraction of sp³-hybridized carbons (Fsp3) is 0. The van der Waals surface area contributed by atoms with Crippen molar-refractivity contribution >= 4 is 71.3 Å². The Balaban J connectivity index is 1.17. The van der Waals surface area contributed by atoms with Crippen molar-refractivity contribution < 1.29 is 4.42 Å². The highest BCUT2D eigenvalue weighted by Gasteiger charge is 2.21. The van der Waals surface area contributed by atoms with E-state index in [0.717, 1.165) is 50.1 Å². The summed E-state index contributed by atoms with van der Waals surface area (Å²) < 4.78 is 6.50. The molecule has 0 amide bonds. The molecule has 0 radical (unpaired) electrons. The second kappa shape index (κ2) is 13.2. The molecule has 56 heavy (non-hydrogen) atoms. The molecule has 1 aromatic heterocycles. The van der Waals surface area contributed by atoms with Gasteiger partial charge in [-0.25, -0.2) is 0 Å². The lowest BCUT2D eigenvalue weighted by Crippen LogP contribution is -2.11. The molecule has 2 nitrogen and oxygen atoms in total. The molecular formula is C54H35NO. The van der Waals surface area contributed by atoms with Crippen LogP contribution in [0.2, 0.25) is 0 Å². The fourth-order valence-corrected chi connectivity index (χ4v) is 8.61. The summed E-state index contributed by atoms with van der Waals surface area (Å²) >= 11 is 0. The molecule has 11 aromatic rings. The summed E-state index contributed by atoms with van der Waals surface area (Å²) in [6, 6.07) is 76.6. The van der Waals surface area contributed by atoms with Crippen LogP contribution in [0.5, 0.6) is 0 Å². The monoisotopic (exact) mass is 713 g/mol. The van der Waals surface area contributed by atoms with Crippen LogP contribution in [0.3, 0.4) is 0 Å². The van der Waals surface area contributed by atoms with Gasteiger partial charge in [-0.2, -0.15) is 0 Å². The molecule has 0 saturated heterocycles. The molecule has 0 saturated carbocycles. The molecule has 2 heteroatoms. The number of fused-ring (bicyclic) bond motifs is 7. The Bertz CT molecular complexity index is 3270. The zero-order valence-electron chi connectivity index (χ0n) is 30.6. The highest BCUT2D eigenvalue weighted by Crippen LogP contribution is 2.46. The molecule has 0 aliphatic heterocycles. The summed E-state index contributed by atoms with van der Waals surface area (Å²) in [5, 5.41) is 9.53. The van der Waals surface area contributed by atoms with Gasteiger partial charge in [0.05, 0.1) is 5.69 Å². The van der Waals surface area contributed by atoms with Gasteiger partial charge in [0.2, 0.25) is 0 Å². The second-order valence-corrected chi connectivity index (χ2v) is 14.5. The van der Waals surface area contributed by atoms with E-state index in [9.17, 15) is 0 Å². The number of nitrogens with zero attached hydrogens (tertiary/aromatic N) is 1. The molecule has 0 N–H and O–H groups in total. The largest absolute Gasteiger partial charge is 0.456 e. The maximum Gasteiger partial charge on any atom is 0.136 e. The third-order valence-electron chi connectivity index (χ3n) is 11.2. The van der Waals surface area contributed by atoms with Gasteiger partial charge in [-0.1, -0.05) is 158 Å². The van der Waals surface area contributed by atoms with E-state index in [4.69, 9.17) is 4.42 Å². The second-order valence-electron chi connectivity index (χ2n) is 14.5. The van der Waals surface area contributed by atoms with Gasteiger partial charge in [-0.15, -0.1) is 0 Å². The minimum absolute atomic E-state index is 0.873. The van der Waals surface area contributed by atoms with Gasteiger partial charge in [0, 0.05) is 27.7 Å². The summed E-state index contributed by atoms with van der Waals surface area (Å²) in [6.45, 7) is 0. The van der Waals surface area contributed by atoms with Crippen LogP contribution in [0.4, 0.5) is 17.1 Å². The van der Waals surface area contributed by atoms with Crippen LogP contribution in [0, 0.1) is 0 Å². The van der Waals surface area contributed by atoms with Crippen LogP contribution in [-0.2, 0) is 0 Å². The van der Waals surface area contributed by atoms with E-state index in [2.05, 4.69) is 217 Å². The fourth-order valence-electron chi connectivity index (χ4n) is 8.61. The number of hydrogen-bond acceptors (Lipinski definition) is 2. The van der Waals surface area contributed by atoms with Crippen LogP contribution < -0.4 is 4.90 Å². The van der Waals surface area contributed by atoms with Crippen LogP contribution in [-0.4, -0.2) is 0 Å². The first-order valence-electron chi connectivity index (χ1n) is 19.2. The molecule has 0 atom stereocenters. The third kappa shape index (κ3) is 5.34. The van der Waals surface area contributed by atoms with E-state index < -0.39 is 0 Å². The normalized spacial score (nSPS) is 11.6. The smallest absolute Gasteiger partial charge is 0.136 e. The number of rotatable bonds is 6. The third-order valence-corrected chi connectivity index (χ3v) is 11.2. The van der Waals surface area contributed by atoms with Crippen molar-refractivity contribution in [1.82, 2.24) is 0 Å². The lowest BCUT2D eigenvalue weighted by atomic mass is 9.91. The lowest BCUT2D eigenvalue weighted by molar-refractivity contribution is 0.669. The Morgan fingerprint density at radius 3 is 1.70 bits per heavy atom. The topological polar surface area (TPSA) is 16.4 Å². The molecule has 11 rings (SSSR count). The van der Waals surface area contributed by atoms with Crippen molar-refractivity contribution in [2.75, 3.05) is 4.90 Å². The summed E-state index contributed by atoms with van der Waals surface area (Å²) in [6.07, 6.45) is 0. The number of anilines is 3. The Morgan fingerprint density at radius 1 is 0.286 bits per heavy atom. The Morgan fingerprint density at radius 2 is 0.875 bits per heavy atom. The molecular weight excluding hydrogens is 679 g/mol. The molecule has 1 heterocycles. The molecule has 262 valence electrons. The summed E-state index contributed by atoms with van der Waals surface area (Å²) in [7, 11) is 0. The molecule has 0 unspecified atom stereocenters. The number of benzene rings is 10. The Hall–Kier alpha value is -7.42. The van der Waals surface area contributed by atoms with E-state index in [-0.39, 0.29) is 0 Å². The van der Waals surface area contributed by atoms with E-state index in [1.807, 2.05) is 0 Å². The minimum Gasteiger partial charge on any atom is -0.456 e. The predicted molar refractivity (Wildman–Crippen MR) is 237 cm³/mol. The molecule has 10 aromatic carbocycles. The molecule has 0 bridgehead atoms. The Labute approximate surface area is 325 Å². The molecule has 0 aliphatic rings. The van der Waals surface area contributed by atoms with Gasteiger partial charge >= 0.3 is 0 Å². The highest BCUT2D eigenvalue weighted by atomic mass is 16.3.